The van der Waals surface area contributed by atoms with Gasteiger partial charge in [0.05, 0.1) is 27.2 Å². The molecule has 5 nitrogen and oxygen atoms in total. The first-order valence-corrected chi connectivity index (χ1v) is 7.70. The van der Waals surface area contributed by atoms with Crippen molar-refractivity contribution in [2.24, 2.45) is 0 Å². The second kappa shape index (κ2) is 12.9. The molecule has 0 fully saturated rings. The van der Waals surface area contributed by atoms with Gasteiger partial charge in [-0.2, -0.15) is 0 Å². The predicted octanol–water partition coefficient (Wildman–Crippen LogP) is 1.53. The van der Waals surface area contributed by atoms with Gasteiger partial charge >= 0.3 is 0 Å². The van der Waals surface area contributed by atoms with E-state index >= 15 is 0 Å². The van der Waals surface area contributed by atoms with Gasteiger partial charge in [0.2, 0.25) is 11.8 Å². The molecule has 0 aliphatic rings. The van der Waals surface area contributed by atoms with Gasteiger partial charge in [-0.25, -0.2) is 0 Å². The first kappa shape index (κ1) is 21.2. The number of amides is 2. The number of quaternary nitrogens is 1. The summed E-state index contributed by atoms with van der Waals surface area (Å²) in [5.74, 6) is 0.147. The maximum Gasteiger partial charge on any atom is 0.219 e. The molecule has 0 radical (unpaired) electrons. The molecule has 0 bridgehead atoms. The summed E-state index contributed by atoms with van der Waals surface area (Å²) in [5, 5.41) is 5.68. The molecule has 2 amide bonds. The fourth-order valence-corrected chi connectivity index (χ4v) is 1.74. The summed E-state index contributed by atoms with van der Waals surface area (Å²) in [4.78, 5) is 21.8. The van der Waals surface area contributed by atoms with Crippen LogP contribution in [-0.2, 0) is 9.59 Å². The van der Waals surface area contributed by atoms with Crippen LogP contribution in [0.4, 0.5) is 0 Å². The Balaban J connectivity index is 0. The zero-order valence-electron chi connectivity index (χ0n) is 14.2. The van der Waals surface area contributed by atoms with Crippen molar-refractivity contribution in [3.63, 3.8) is 0 Å². The van der Waals surface area contributed by atoms with E-state index in [0.29, 0.717) is 6.42 Å². The van der Waals surface area contributed by atoms with E-state index in [4.69, 9.17) is 0 Å². The highest BCUT2D eigenvalue weighted by atomic mass is 16.2. The lowest BCUT2D eigenvalue weighted by molar-refractivity contribution is -0.890. The molecule has 0 rings (SSSR count). The van der Waals surface area contributed by atoms with Crippen LogP contribution in [-0.4, -0.2) is 56.6 Å². The van der Waals surface area contributed by atoms with Gasteiger partial charge in [-0.05, 0) is 0 Å². The van der Waals surface area contributed by atoms with Crippen LogP contribution in [0.1, 0.15) is 47.0 Å². The van der Waals surface area contributed by atoms with Crippen LogP contribution in [0.5, 0.6) is 0 Å². The molecule has 0 saturated carbocycles. The average molecular weight is 288 g/mol. The Morgan fingerprint density at radius 1 is 0.950 bits per heavy atom. The van der Waals surface area contributed by atoms with E-state index in [1.54, 1.807) is 0 Å². The maximum atomic E-state index is 11.1. The van der Waals surface area contributed by atoms with Crippen LogP contribution < -0.4 is 10.6 Å². The fourth-order valence-electron chi connectivity index (χ4n) is 1.74. The number of nitrogens with one attached hydrogen (secondary N) is 2. The van der Waals surface area contributed by atoms with E-state index in [9.17, 15) is 9.59 Å². The van der Waals surface area contributed by atoms with Crippen LogP contribution in [0.2, 0.25) is 0 Å². The SMILES string of the molecule is CC.CCC(=O)NCCC[N+](C)(C)CCCNC(C)=O. The minimum absolute atomic E-state index is 0.0302. The highest BCUT2D eigenvalue weighted by Gasteiger charge is 2.13. The Kier molecular flexibility index (Phi) is 13.7. The smallest absolute Gasteiger partial charge is 0.219 e. The van der Waals surface area contributed by atoms with Crippen molar-refractivity contribution in [3.05, 3.63) is 0 Å². The first-order valence-electron chi connectivity index (χ1n) is 7.70. The third-order valence-electron chi connectivity index (χ3n) is 2.90. The third-order valence-corrected chi connectivity index (χ3v) is 2.90. The van der Waals surface area contributed by atoms with Crippen molar-refractivity contribution in [3.8, 4) is 0 Å². The van der Waals surface area contributed by atoms with Gasteiger partial charge < -0.3 is 15.1 Å². The van der Waals surface area contributed by atoms with Gasteiger partial charge in [-0.1, -0.05) is 20.8 Å². The first-order chi connectivity index (χ1) is 9.37. The molecule has 0 unspecified atom stereocenters. The van der Waals surface area contributed by atoms with Gasteiger partial charge in [0, 0.05) is 39.3 Å². The largest absolute Gasteiger partial charge is 0.356 e. The molecule has 0 atom stereocenters. The standard InChI is InChI=1S/C13H27N3O2.C2H6/c1-5-13(18)15-9-7-11-16(3,4)10-6-8-14-12(2)17;1-2/h5-11H2,1-4H3,(H-,14,15,17,18);1-2H3/p+1. The molecule has 0 saturated heterocycles. The number of carbonyl (C=O) groups is 2. The zero-order chi connectivity index (χ0) is 16.0. The lowest BCUT2D eigenvalue weighted by Crippen LogP contribution is -2.43. The molecule has 2 N–H and O–H groups in total. The molecule has 0 spiro atoms. The molecule has 0 aromatic rings. The van der Waals surface area contributed by atoms with Crippen molar-refractivity contribution < 1.29 is 14.1 Å². The van der Waals surface area contributed by atoms with E-state index in [1.165, 1.54) is 6.92 Å². The lowest BCUT2D eigenvalue weighted by Gasteiger charge is -2.30. The van der Waals surface area contributed by atoms with Crippen LogP contribution in [0.3, 0.4) is 0 Å². The summed E-state index contributed by atoms with van der Waals surface area (Å²) < 4.78 is 0.918. The van der Waals surface area contributed by atoms with Gasteiger partial charge in [0.15, 0.2) is 0 Å². The number of hydrogen-bond acceptors (Lipinski definition) is 2. The molecule has 20 heavy (non-hydrogen) atoms. The Morgan fingerprint density at radius 2 is 1.40 bits per heavy atom. The summed E-state index contributed by atoms with van der Waals surface area (Å²) in [5.41, 5.74) is 0. The van der Waals surface area contributed by atoms with Gasteiger partial charge in [-0.3, -0.25) is 9.59 Å². The predicted molar refractivity (Wildman–Crippen MR) is 84.4 cm³/mol. The molecular weight excluding hydrogens is 254 g/mol. The number of carbonyl (C=O) groups excluding carboxylic acids is 2. The Bertz CT molecular complexity index is 266. The quantitative estimate of drug-likeness (QED) is 0.499. The highest BCUT2D eigenvalue weighted by molar-refractivity contribution is 5.75. The van der Waals surface area contributed by atoms with E-state index in [2.05, 4.69) is 24.7 Å². The van der Waals surface area contributed by atoms with Gasteiger partial charge in [0.1, 0.15) is 0 Å². The monoisotopic (exact) mass is 288 g/mol. The topological polar surface area (TPSA) is 58.2 Å². The van der Waals surface area contributed by atoms with Gasteiger partial charge in [-0.15, -0.1) is 0 Å². The molecule has 120 valence electrons. The van der Waals surface area contributed by atoms with Crippen LogP contribution in [0.25, 0.3) is 0 Å². The lowest BCUT2D eigenvalue weighted by atomic mass is 10.3. The molecular formula is C15H34N3O2+. The molecule has 0 aliphatic carbocycles. The molecule has 0 aromatic carbocycles. The van der Waals surface area contributed by atoms with E-state index in [1.807, 2.05) is 20.8 Å². The maximum absolute atomic E-state index is 11.1. The number of hydrogen-bond donors (Lipinski definition) is 2. The summed E-state index contributed by atoms with van der Waals surface area (Å²) in [6, 6.07) is 0. The normalized spacial score (nSPS) is 10.3. The number of rotatable bonds is 9. The third kappa shape index (κ3) is 15.0. The average Bonchev–Trinajstić information content (AvgIpc) is 2.41. The summed E-state index contributed by atoms with van der Waals surface area (Å²) in [6.45, 7) is 10.9. The Labute approximate surface area is 124 Å². The van der Waals surface area contributed by atoms with Crippen molar-refractivity contribution in [2.75, 3.05) is 40.3 Å². The molecule has 5 heteroatoms. The van der Waals surface area contributed by atoms with E-state index in [0.717, 1.165) is 43.5 Å². The minimum atomic E-state index is 0.0302. The van der Waals surface area contributed by atoms with E-state index in [-0.39, 0.29) is 11.8 Å². The summed E-state index contributed by atoms with van der Waals surface area (Å²) >= 11 is 0. The molecule has 0 aromatic heterocycles. The Morgan fingerprint density at radius 3 is 1.80 bits per heavy atom. The molecule has 0 heterocycles. The van der Waals surface area contributed by atoms with E-state index < -0.39 is 0 Å². The van der Waals surface area contributed by atoms with Crippen molar-refractivity contribution >= 4 is 11.8 Å². The number of nitrogens with zero attached hydrogens (tertiary/aromatic N) is 1. The zero-order valence-corrected chi connectivity index (χ0v) is 14.2. The minimum Gasteiger partial charge on any atom is -0.356 e. The summed E-state index contributed by atoms with van der Waals surface area (Å²) in [7, 11) is 4.35. The summed E-state index contributed by atoms with van der Waals surface area (Å²) in [6.07, 6.45) is 2.52. The van der Waals surface area contributed by atoms with Crippen molar-refractivity contribution in [2.45, 2.75) is 47.0 Å². The Hall–Kier alpha value is -1.10. The van der Waals surface area contributed by atoms with Crippen LogP contribution in [0.15, 0.2) is 0 Å². The fraction of sp³-hybridized carbons (Fsp3) is 0.867. The second-order valence-corrected chi connectivity index (χ2v) is 5.28. The highest BCUT2D eigenvalue weighted by Crippen LogP contribution is 2.00. The van der Waals surface area contributed by atoms with Crippen LogP contribution in [0, 0.1) is 0 Å². The van der Waals surface area contributed by atoms with Crippen LogP contribution >= 0.6 is 0 Å². The molecule has 0 aliphatic heterocycles. The van der Waals surface area contributed by atoms with Crippen molar-refractivity contribution in [1.82, 2.24) is 10.6 Å². The van der Waals surface area contributed by atoms with Crippen molar-refractivity contribution in [1.29, 1.82) is 0 Å². The second-order valence-electron chi connectivity index (χ2n) is 5.28. The van der Waals surface area contributed by atoms with Gasteiger partial charge in [0.25, 0.3) is 0 Å².